The summed E-state index contributed by atoms with van der Waals surface area (Å²) in [7, 11) is 0. The molecule has 0 aromatic rings. The van der Waals surface area contributed by atoms with E-state index in [-0.39, 0.29) is 31.1 Å². The highest BCUT2D eigenvalue weighted by Crippen LogP contribution is 2.17. The van der Waals surface area contributed by atoms with Gasteiger partial charge in [-0.2, -0.15) is 0 Å². The number of hydrogen-bond acceptors (Lipinski definition) is 6. The maximum absolute atomic E-state index is 12.8. The van der Waals surface area contributed by atoms with Crippen LogP contribution in [-0.4, -0.2) is 37.2 Å². The Balaban J connectivity index is 4.31. The SMILES string of the molecule is CCCCCCCCCCCCCCCCC(=O)OC[C@H](COC(=O)CCCCCCCCCCCCC(C)CC)OC(=O)CCCCCCCCCCCCCC. The van der Waals surface area contributed by atoms with Crippen molar-refractivity contribution in [3.63, 3.8) is 0 Å². The molecule has 0 amide bonds. The number of rotatable bonds is 47. The Labute approximate surface area is 361 Å². The van der Waals surface area contributed by atoms with Gasteiger partial charge in [-0.1, -0.05) is 252 Å². The number of ether oxygens (including phenoxy) is 3. The monoisotopic (exact) mass is 821 g/mol. The third-order valence-electron chi connectivity index (χ3n) is 12.2. The topological polar surface area (TPSA) is 78.9 Å². The first-order valence-corrected chi connectivity index (χ1v) is 25.9. The number of carbonyl (C=O) groups excluding carboxylic acids is 3. The Morgan fingerprint density at radius 1 is 0.345 bits per heavy atom. The van der Waals surface area contributed by atoms with E-state index >= 15 is 0 Å². The zero-order chi connectivity index (χ0) is 42.4. The summed E-state index contributed by atoms with van der Waals surface area (Å²) in [6, 6.07) is 0. The molecule has 0 heterocycles. The quantitative estimate of drug-likeness (QED) is 0.0346. The van der Waals surface area contributed by atoms with Gasteiger partial charge >= 0.3 is 17.9 Å². The molecule has 0 saturated heterocycles. The fraction of sp³-hybridized carbons (Fsp3) is 0.942. The first-order valence-electron chi connectivity index (χ1n) is 25.9. The predicted octanol–water partition coefficient (Wildman–Crippen LogP) is 16.7. The van der Waals surface area contributed by atoms with Gasteiger partial charge in [0.15, 0.2) is 6.10 Å². The molecule has 344 valence electrons. The summed E-state index contributed by atoms with van der Waals surface area (Å²) >= 11 is 0. The molecule has 6 heteroatoms. The number of carbonyl (C=O) groups is 3. The molecule has 0 aliphatic carbocycles. The highest BCUT2D eigenvalue weighted by atomic mass is 16.6. The second-order valence-electron chi connectivity index (χ2n) is 18.1. The normalized spacial score (nSPS) is 12.4. The molecule has 1 unspecified atom stereocenters. The lowest BCUT2D eigenvalue weighted by molar-refractivity contribution is -0.167. The van der Waals surface area contributed by atoms with E-state index < -0.39 is 6.10 Å². The average Bonchev–Trinajstić information content (AvgIpc) is 3.22. The molecule has 0 aromatic carbocycles. The van der Waals surface area contributed by atoms with Crippen LogP contribution in [0.4, 0.5) is 0 Å². The van der Waals surface area contributed by atoms with Crippen LogP contribution in [0.2, 0.25) is 0 Å². The van der Waals surface area contributed by atoms with Crippen molar-refractivity contribution in [2.45, 2.75) is 297 Å². The summed E-state index contributed by atoms with van der Waals surface area (Å²) in [5.41, 5.74) is 0. The minimum absolute atomic E-state index is 0.0627. The van der Waals surface area contributed by atoms with E-state index in [1.54, 1.807) is 0 Å². The Morgan fingerprint density at radius 2 is 0.603 bits per heavy atom. The molecular weight excluding hydrogens is 721 g/mol. The van der Waals surface area contributed by atoms with Gasteiger partial charge in [-0.3, -0.25) is 14.4 Å². The van der Waals surface area contributed by atoms with Crippen LogP contribution in [0.25, 0.3) is 0 Å². The molecule has 0 rings (SSSR count). The van der Waals surface area contributed by atoms with Gasteiger partial charge in [-0.15, -0.1) is 0 Å². The van der Waals surface area contributed by atoms with E-state index in [0.717, 1.165) is 63.7 Å². The molecule has 0 fully saturated rings. The average molecular weight is 821 g/mol. The summed E-state index contributed by atoms with van der Waals surface area (Å²) in [5.74, 6) is 0.0254. The van der Waals surface area contributed by atoms with Crippen LogP contribution in [0.5, 0.6) is 0 Å². The predicted molar refractivity (Wildman–Crippen MR) is 247 cm³/mol. The number of unbranched alkanes of at least 4 members (excludes halogenated alkanes) is 33. The fourth-order valence-corrected chi connectivity index (χ4v) is 7.83. The Morgan fingerprint density at radius 3 is 0.897 bits per heavy atom. The van der Waals surface area contributed by atoms with Gasteiger partial charge in [0.2, 0.25) is 0 Å². The first-order chi connectivity index (χ1) is 28.4. The van der Waals surface area contributed by atoms with Crippen molar-refractivity contribution >= 4 is 17.9 Å². The van der Waals surface area contributed by atoms with Crippen molar-refractivity contribution in [3.8, 4) is 0 Å². The maximum atomic E-state index is 12.8. The Hall–Kier alpha value is -1.59. The number of hydrogen-bond donors (Lipinski definition) is 0. The smallest absolute Gasteiger partial charge is 0.306 e. The van der Waals surface area contributed by atoms with E-state index in [9.17, 15) is 14.4 Å². The molecule has 0 saturated carbocycles. The van der Waals surface area contributed by atoms with Crippen LogP contribution in [0.1, 0.15) is 291 Å². The molecule has 0 aliphatic rings. The summed E-state index contributed by atoms with van der Waals surface area (Å²) in [5, 5.41) is 0. The summed E-state index contributed by atoms with van der Waals surface area (Å²) < 4.78 is 16.8. The van der Waals surface area contributed by atoms with Crippen LogP contribution < -0.4 is 0 Å². The molecule has 0 spiro atoms. The Bertz CT molecular complexity index is 874. The van der Waals surface area contributed by atoms with E-state index in [0.29, 0.717) is 19.3 Å². The van der Waals surface area contributed by atoms with Crippen molar-refractivity contribution in [2.75, 3.05) is 13.2 Å². The lowest BCUT2D eigenvalue weighted by atomic mass is 9.99. The summed E-state index contributed by atoms with van der Waals surface area (Å²) in [4.78, 5) is 37.9. The van der Waals surface area contributed by atoms with Crippen molar-refractivity contribution in [1.82, 2.24) is 0 Å². The highest BCUT2D eigenvalue weighted by molar-refractivity contribution is 5.71. The Kier molecular flexibility index (Phi) is 45.2. The minimum Gasteiger partial charge on any atom is -0.462 e. The molecule has 0 aromatic heterocycles. The van der Waals surface area contributed by atoms with Crippen molar-refractivity contribution in [2.24, 2.45) is 5.92 Å². The van der Waals surface area contributed by atoms with Gasteiger partial charge in [0.05, 0.1) is 0 Å². The van der Waals surface area contributed by atoms with E-state index in [4.69, 9.17) is 14.2 Å². The number of esters is 3. The van der Waals surface area contributed by atoms with Gasteiger partial charge in [-0.25, -0.2) is 0 Å². The van der Waals surface area contributed by atoms with Crippen molar-refractivity contribution < 1.29 is 28.6 Å². The van der Waals surface area contributed by atoms with Gasteiger partial charge < -0.3 is 14.2 Å². The van der Waals surface area contributed by atoms with E-state index in [1.807, 2.05) is 0 Å². The van der Waals surface area contributed by atoms with Crippen LogP contribution in [0, 0.1) is 5.92 Å². The van der Waals surface area contributed by atoms with Crippen LogP contribution >= 0.6 is 0 Å². The van der Waals surface area contributed by atoms with Gasteiger partial charge in [0.1, 0.15) is 13.2 Å². The fourth-order valence-electron chi connectivity index (χ4n) is 7.83. The molecule has 6 nitrogen and oxygen atoms in total. The zero-order valence-electron chi connectivity index (χ0n) is 39.5. The third-order valence-corrected chi connectivity index (χ3v) is 12.2. The molecule has 0 bridgehead atoms. The molecule has 0 aliphatic heterocycles. The second-order valence-corrected chi connectivity index (χ2v) is 18.1. The first kappa shape index (κ1) is 56.4. The summed E-state index contributed by atoms with van der Waals surface area (Å²) in [6.45, 7) is 9.05. The molecular formula is C52H100O6. The van der Waals surface area contributed by atoms with E-state index in [2.05, 4.69) is 27.7 Å². The molecule has 0 radical (unpaired) electrons. The minimum atomic E-state index is -0.760. The van der Waals surface area contributed by atoms with Gasteiger partial charge in [0, 0.05) is 19.3 Å². The van der Waals surface area contributed by atoms with E-state index in [1.165, 1.54) is 186 Å². The lowest BCUT2D eigenvalue weighted by Crippen LogP contribution is -2.30. The highest BCUT2D eigenvalue weighted by Gasteiger charge is 2.19. The van der Waals surface area contributed by atoms with Gasteiger partial charge in [0.25, 0.3) is 0 Å². The second kappa shape index (κ2) is 46.5. The van der Waals surface area contributed by atoms with Crippen LogP contribution in [-0.2, 0) is 28.6 Å². The third kappa shape index (κ3) is 44.0. The van der Waals surface area contributed by atoms with Crippen molar-refractivity contribution in [3.05, 3.63) is 0 Å². The largest absolute Gasteiger partial charge is 0.462 e. The standard InChI is InChI=1S/C52H100O6/c1-5-8-10-12-14-16-18-20-21-23-27-31-35-39-43-50(53)56-46-49(58-52(55)45-41-37-33-29-22-19-17-15-13-11-9-6-2)47-57-51(54)44-40-36-32-28-25-24-26-30-34-38-42-48(4)7-3/h48-49H,5-47H2,1-4H3/t48?,49-/m1/s1. The van der Waals surface area contributed by atoms with Gasteiger partial charge in [-0.05, 0) is 25.2 Å². The zero-order valence-corrected chi connectivity index (χ0v) is 39.5. The van der Waals surface area contributed by atoms with Crippen LogP contribution in [0.15, 0.2) is 0 Å². The molecule has 2 atom stereocenters. The maximum Gasteiger partial charge on any atom is 0.306 e. The molecule has 0 N–H and O–H groups in total. The lowest BCUT2D eigenvalue weighted by Gasteiger charge is -2.18. The van der Waals surface area contributed by atoms with Crippen LogP contribution in [0.3, 0.4) is 0 Å². The van der Waals surface area contributed by atoms with Crippen molar-refractivity contribution in [1.29, 1.82) is 0 Å². The summed E-state index contributed by atoms with van der Waals surface area (Å²) in [6.07, 6.45) is 47.9. The molecule has 58 heavy (non-hydrogen) atoms.